The normalized spacial score (nSPS) is 10.9. The van der Waals surface area contributed by atoms with Crippen LogP contribution >= 0.6 is 0 Å². The van der Waals surface area contributed by atoms with Gasteiger partial charge in [0.25, 0.3) is 0 Å². The molecule has 27 heavy (non-hydrogen) atoms. The Hall–Kier alpha value is -3.31. The Morgan fingerprint density at radius 1 is 1.04 bits per heavy atom. The summed E-state index contributed by atoms with van der Waals surface area (Å²) in [6, 6.07) is 18.9. The standard InChI is InChI=1S/C22H21NO4/c1-25-20-9-7-17(8-10-20)15-26-16-18-4-2-5-19(14-18)23-22(24)12-11-21-6-3-13-27-21/h2-14H,15-16H2,1H3,(H,23,24)/b12-11+. The number of ether oxygens (including phenoxy) is 2. The number of nitrogens with one attached hydrogen (secondary N) is 1. The number of methoxy groups -OCH3 is 1. The molecular formula is C22H21NO4. The zero-order valence-corrected chi connectivity index (χ0v) is 15.1. The molecule has 0 aliphatic heterocycles. The first-order valence-corrected chi connectivity index (χ1v) is 8.55. The third kappa shape index (κ3) is 5.87. The van der Waals surface area contributed by atoms with Crippen LogP contribution in [0, 0.1) is 0 Å². The number of carbonyl (C=O) groups excluding carboxylic acids is 1. The van der Waals surface area contributed by atoms with Crippen molar-refractivity contribution in [3.05, 3.63) is 89.9 Å². The number of amides is 1. The van der Waals surface area contributed by atoms with Gasteiger partial charge in [0.15, 0.2) is 0 Å². The lowest BCUT2D eigenvalue weighted by molar-refractivity contribution is -0.111. The average molecular weight is 363 g/mol. The van der Waals surface area contributed by atoms with Gasteiger partial charge < -0.3 is 19.2 Å². The summed E-state index contributed by atoms with van der Waals surface area (Å²) in [4.78, 5) is 12.0. The van der Waals surface area contributed by atoms with E-state index in [2.05, 4.69) is 5.32 Å². The molecule has 1 aromatic heterocycles. The van der Waals surface area contributed by atoms with Crippen molar-refractivity contribution in [1.82, 2.24) is 0 Å². The van der Waals surface area contributed by atoms with Crippen LogP contribution in [0.4, 0.5) is 5.69 Å². The lowest BCUT2D eigenvalue weighted by atomic mass is 10.2. The highest BCUT2D eigenvalue weighted by Crippen LogP contribution is 2.15. The molecule has 0 bridgehead atoms. The molecule has 2 aromatic carbocycles. The molecule has 5 nitrogen and oxygen atoms in total. The Morgan fingerprint density at radius 3 is 2.59 bits per heavy atom. The van der Waals surface area contributed by atoms with Crippen LogP contribution in [-0.4, -0.2) is 13.0 Å². The molecule has 3 aromatic rings. The highest BCUT2D eigenvalue weighted by molar-refractivity contribution is 6.01. The molecule has 0 spiro atoms. The van der Waals surface area contributed by atoms with Crippen molar-refractivity contribution in [2.45, 2.75) is 13.2 Å². The fraction of sp³-hybridized carbons (Fsp3) is 0.136. The van der Waals surface area contributed by atoms with E-state index in [9.17, 15) is 4.79 Å². The molecule has 0 unspecified atom stereocenters. The number of hydrogen-bond donors (Lipinski definition) is 1. The largest absolute Gasteiger partial charge is 0.497 e. The summed E-state index contributed by atoms with van der Waals surface area (Å²) in [7, 11) is 1.64. The molecule has 5 heteroatoms. The van der Waals surface area contributed by atoms with Gasteiger partial charge in [0.05, 0.1) is 26.6 Å². The molecule has 0 atom stereocenters. The van der Waals surface area contributed by atoms with Gasteiger partial charge in [0.1, 0.15) is 11.5 Å². The summed E-state index contributed by atoms with van der Waals surface area (Å²) in [5.41, 5.74) is 2.77. The molecule has 1 heterocycles. The van der Waals surface area contributed by atoms with Gasteiger partial charge in [-0.05, 0) is 53.6 Å². The first-order valence-electron chi connectivity index (χ1n) is 8.55. The predicted octanol–water partition coefficient (Wildman–Crippen LogP) is 4.66. The summed E-state index contributed by atoms with van der Waals surface area (Å²) in [5.74, 6) is 1.23. The second-order valence-electron chi connectivity index (χ2n) is 5.88. The topological polar surface area (TPSA) is 60.7 Å². The average Bonchev–Trinajstić information content (AvgIpc) is 3.21. The van der Waals surface area contributed by atoms with Gasteiger partial charge in [-0.2, -0.15) is 0 Å². The fourth-order valence-electron chi connectivity index (χ4n) is 2.48. The zero-order chi connectivity index (χ0) is 18.9. The molecule has 1 amide bonds. The van der Waals surface area contributed by atoms with Crippen LogP contribution in [0.15, 0.2) is 77.4 Å². The zero-order valence-electron chi connectivity index (χ0n) is 15.1. The second kappa shape index (κ2) is 9.40. The van der Waals surface area contributed by atoms with Crippen LogP contribution in [0.25, 0.3) is 6.08 Å². The van der Waals surface area contributed by atoms with E-state index in [1.807, 2.05) is 48.5 Å². The highest BCUT2D eigenvalue weighted by Gasteiger charge is 2.01. The van der Waals surface area contributed by atoms with Gasteiger partial charge in [0.2, 0.25) is 5.91 Å². The number of benzene rings is 2. The fourth-order valence-corrected chi connectivity index (χ4v) is 2.48. The minimum Gasteiger partial charge on any atom is -0.497 e. The smallest absolute Gasteiger partial charge is 0.248 e. The summed E-state index contributed by atoms with van der Waals surface area (Å²) in [6.45, 7) is 0.963. The Bertz CT molecular complexity index is 883. The van der Waals surface area contributed by atoms with Crippen LogP contribution in [0.2, 0.25) is 0 Å². The van der Waals surface area contributed by atoms with E-state index >= 15 is 0 Å². The van der Waals surface area contributed by atoms with E-state index in [4.69, 9.17) is 13.9 Å². The molecule has 0 fully saturated rings. The number of hydrogen-bond acceptors (Lipinski definition) is 4. The van der Waals surface area contributed by atoms with E-state index in [0.717, 1.165) is 22.6 Å². The number of anilines is 1. The Kier molecular flexibility index (Phi) is 6.44. The third-order valence-electron chi connectivity index (χ3n) is 3.83. The van der Waals surface area contributed by atoms with Crippen LogP contribution in [0.1, 0.15) is 16.9 Å². The molecule has 0 saturated heterocycles. The van der Waals surface area contributed by atoms with Gasteiger partial charge in [-0.3, -0.25) is 4.79 Å². The molecular weight excluding hydrogens is 342 g/mol. The van der Waals surface area contributed by atoms with Gasteiger partial charge in [-0.25, -0.2) is 0 Å². The molecule has 0 aliphatic carbocycles. The minimum atomic E-state index is -0.220. The maximum atomic E-state index is 12.0. The maximum Gasteiger partial charge on any atom is 0.248 e. The van der Waals surface area contributed by atoms with Gasteiger partial charge >= 0.3 is 0 Å². The Balaban J connectivity index is 1.49. The predicted molar refractivity (Wildman–Crippen MR) is 104 cm³/mol. The molecule has 3 rings (SSSR count). The van der Waals surface area contributed by atoms with Gasteiger partial charge in [0, 0.05) is 11.8 Å². The lowest BCUT2D eigenvalue weighted by Gasteiger charge is -2.08. The van der Waals surface area contributed by atoms with E-state index in [0.29, 0.717) is 19.0 Å². The Morgan fingerprint density at radius 2 is 1.85 bits per heavy atom. The SMILES string of the molecule is COc1ccc(COCc2cccc(NC(=O)/C=C/c3ccco3)c2)cc1. The summed E-state index contributed by atoms with van der Waals surface area (Å²) >= 11 is 0. The van der Waals surface area contributed by atoms with Crippen molar-refractivity contribution in [1.29, 1.82) is 0 Å². The summed E-state index contributed by atoms with van der Waals surface area (Å²) < 4.78 is 16.1. The lowest BCUT2D eigenvalue weighted by Crippen LogP contribution is -2.08. The number of carbonyl (C=O) groups is 1. The maximum absolute atomic E-state index is 12.0. The highest BCUT2D eigenvalue weighted by atomic mass is 16.5. The van der Waals surface area contributed by atoms with Crippen molar-refractivity contribution in [2.75, 3.05) is 12.4 Å². The molecule has 138 valence electrons. The molecule has 0 saturated carbocycles. The quantitative estimate of drug-likeness (QED) is 0.592. The van der Waals surface area contributed by atoms with Crippen LogP contribution in [0.5, 0.6) is 5.75 Å². The monoisotopic (exact) mass is 363 g/mol. The Labute approximate surface area is 158 Å². The first-order chi connectivity index (χ1) is 13.2. The van der Waals surface area contributed by atoms with E-state index in [1.165, 1.54) is 6.08 Å². The van der Waals surface area contributed by atoms with Crippen molar-refractivity contribution in [2.24, 2.45) is 0 Å². The second-order valence-corrected chi connectivity index (χ2v) is 5.88. The van der Waals surface area contributed by atoms with Crippen LogP contribution < -0.4 is 10.1 Å². The molecule has 0 radical (unpaired) electrons. The van der Waals surface area contributed by atoms with Crippen LogP contribution in [-0.2, 0) is 22.7 Å². The van der Waals surface area contributed by atoms with Crippen molar-refractivity contribution in [3.63, 3.8) is 0 Å². The number of rotatable bonds is 8. The van der Waals surface area contributed by atoms with E-state index in [1.54, 1.807) is 31.6 Å². The van der Waals surface area contributed by atoms with E-state index in [-0.39, 0.29) is 5.91 Å². The van der Waals surface area contributed by atoms with Crippen molar-refractivity contribution >= 4 is 17.7 Å². The van der Waals surface area contributed by atoms with E-state index < -0.39 is 0 Å². The summed E-state index contributed by atoms with van der Waals surface area (Å²) in [5, 5.41) is 2.83. The number of furan rings is 1. The minimum absolute atomic E-state index is 0.220. The molecule has 1 N–H and O–H groups in total. The first kappa shape index (κ1) is 18.5. The summed E-state index contributed by atoms with van der Waals surface area (Å²) in [6.07, 6.45) is 4.62. The van der Waals surface area contributed by atoms with Gasteiger partial charge in [-0.15, -0.1) is 0 Å². The van der Waals surface area contributed by atoms with Crippen LogP contribution in [0.3, 0.4) is 0 Å². The van der Waals surface area contributed by atoms with Crippen molar-refractivity contribution < 1.29 is 18.7 Å². The van der Waals surface area contributed by atoms with Gasteiger partial charge in [-0.1, -0.05) is 24.3 Å². The molecule has 0 aliphatic rings. The third-order valence-corrected chi connectivity index (χ3v) is 3.83. The van der Waals surface area contributed by atoms with Crippen molar-refractivity contribution in [3.8, 4) is 5.75 Å².